The number of carbonyl (C=O) groups excluding carboxylic acids is 1. The predicted octanol–water partition coefficient (Wildman–Crippen LogP) is 6.88. The lowest BCUT2D eigenvalue weighted by Crippen LogP contribution is -2.54. The third-order valence-corrected chi connectivity index (χ3v) is 7.82. The molecule has 0 fully saturated rings. The highest BCUT2D eigenvalue weighted by atomic mass is 35.5. The molecule has 5 nitrogen and oxygen atoms in total. The van der Waals surface area contributed by atoms with Crippen molar-refractivity contribution in [2.75, 3.05) is 10.0 Å². The number of benzene rings is 4. The smallest absolute Gasteiger partial charge is 0.234 e. The Hall–Kier alpha value is -3.87. The van der Waals surface area contributed by atoms with Gasteiger partial charge in [0.25, 0.3) is 0 Å². The number of hydrogen-bond donors (Lipinski definition) is 0. The maximum absolute atomic E-state index is 12.7. The first kappa shape index (κ1) is 22.6. The lowest BCUT2D eigenvalue weighted by Gasteiger charge is -2.47. The molecule has 4 aromatic carbocycles. The van der Waals surface area contributed by atoms with Gasteiger partial charge in [-0.3, -0.25) is 4.79 Å². The van der Waals surface area contributed by atoms with Gasteiger partial charge in [-0.2, -0.15) is 10.2 Å². The maximum atomic E-state index is 12.7. The van der Waals surface area contributed by atoms with Gasteiger partial charge in [-0.25, -0.2) is 10.0 Å². The molecule has 0 amide bonds. The minimum absolute atomic E-state index is 0.0980. The highest BCUT2D eigenvalue weighted by Crippen LogP contribution is 2.55. The summed E-state index contributed by atoms with van der Waals surface area (Å²) in [6, 6.07) is 35.8. The number of thioether (sulfide) groups is 1. The van der Waals surface area contributed by atoms with Gasteiger partial charge in [-0.05, 0) is 48.2 Å². The van der Waals surface area contributed by atoms with Crippen LogP contribution in [0.5, 0.6) is 0 Å². The standard InChI is InChI=1S/C29H21ClN4OS/c1-20(35)28-32-34(24-18-16-22(30)17-19-24)29(36-28)26-15-9-8-14-25(26)27(21-10-4-2-5-11-21)31-33(29)23-12-6-3-7-13-23/h2-19H,1H3/t29-/m0/s1. The summed E-state index contributed by atoms with van der Waals surface area (Å²) in [5.41, 5.74) is 5.53. The molecule has 1 spiro atoms. The largest absolute Gasteiger partial charge is 0.292 e. The first-order chi connectivity index (χ1) is 17.6. The maximum Gasteiger partial charge on any atom is 0.234 e. The average molecular weight is 509 g/mol. The fourth-order valence-corrected chi connectivity index (χ4v) is 5.95. The predicted molar refractivity (Wildman–Crippen MR) is 149 cm³/mol. The summed E-state index contributed by atoms with van der Waals surface area (Å²) < 4.78 is 0. The molecule has 0 saturated heterocycles. The zero-order chi connectivity index (χ0) is 24.7. The molecule has 0 saturated carbocycles. The number of anilines is 2. The Morgan fingerprint density at radius 1 is 0.750 bits per heavy atom. The molecule has 2 aliphatic rings. The number of nitrogens with zero attached hydrogens (tertiary/aromatic N) is 4. The van der Waals surface area contributed by atoms with Crippen molar-refractivity contribution in [2.45, 2.75) is 11.9 Å². The van der Waals surface area contributed by atoms with Crippen LogP contribution in [0.4, 0.5) is 11.4 Å². The van der Waals surface area contributed by atoms with E-state index in [9.17, 15) is 4.79 Å². The normalized spacial score (nSPS) is 18.6. The van der Waals surface area contributed by atoms with E-state index < -0.39 is 4.99 Å². The van der Waals surface area contributed by atoms with E-state index in [1.165, 1.54) is 11.8 Å². The highest BCUT2D eigenvalue weighted by Gasteiger charge is 2.55. The molecule has 36 heavy (non-hydrogen) atoms. The number of ketones is 1. The molecule has 176 valence electrons. The van der Waals surface area contributed by atoms with Gasteiger partial charge in [-0.15, -0.1) is 0 Å². The number of halogens is 1. The topological polar surface area (TPSA) is 48.3 Å². The number of Topliss-reactive ketones (excluding diaryl/α,β-unsaturated/α-hetero) is 1. The van der Waals surface area contributed by atoms with Crippen molar-refractivity contribution in [3.8, 4) is 0 Å². The molecule has 0 aromatic heterocycles. The molecular weight excluding hydrogens is 488 g/mol. The fraction of sp³-hybridized carbons (Fsp3) is 0.0690. The lowest BCUT2D eigenvalue weighted by atomic mass is 9.93. The van der Waals surface area contributed by atoms with Gasteiger partial charge < -0.3 is 0 Å². The highest BCUT2D eigenvalue weighted by molar-refractivity contribution is 8.17. The summed E-state index contributed by atoms with van der Waals surface area (Å²) in [7, 11) is 0. The summed E-state index contributed by atoms with van der Waals surface area (Å²) in [6.45, 7) is 1.55. The first-order valence-corrected chi connectivity index (χ1v) is 12.7. The van der Waals surface area contributed by atoms with E-state index in [1.54, 1.807) is 6.92 Å². The Balaban J connectivity index is 1.66. The molecule has 0 unspecified atom stereocenters. The second-order valence-electron chi connectivity index (χ2n) is 8.47. The number of hydrogen-bond acceptors (Lipinski definition) is 6. The second kappa shape index (κ2) is 8.97. The van der Waals surface area contributed by atoms with E-state index in [0.717, 1.165) is 33.8 Å². The Morgan fingerprint density at radius 2 is 1.33 bits per heavy atom. The van der Waals surface area contributed by atoms with Crippen molar-refractivity contribution in [2.24, 2.45) is 10.2 Å². The summed E-state index contributed by atoms with van der Waals surface area (Å²) in [5, 5.41) is 15.0. The molecule has 6 rings (SSSR count). The van der Waals surface area contributed by atoms with Gasteiger partial charge in [0.05, 0.1) is 17.1 Å². The quantitative estimate of drug-likeness (QED) is 0.301. The molecule has 0 aliphatic carbocycles. The molecule has 0 N–H and O–H groups in total. The molecule has 0 radical (unpaired) electrons. The number of fused-ring (bicyclic) bond motifs is 2. The molecule has 2 aliphatic heterocycles. The number of hydrazone groups is 2. The Bertz CT molecular complexity index is 1510. The SMILES string of the molecule is CC(=O)C1=NN(c2ccc(Cl)cc2)[C@]2(S1)c1ccccc1C(c1ccccc1)=NN2c1ccccc1. The van der Waals surface area contributed by atoms with Crippen LogP contribution in [0.3, 0.4) is 0 Å². The van der Waals surface area contributed by atoms with Crippen LogP contribution in [0.1, 0.15) is 23.6 Å². The Kier molecular flexibility index (Phi) is 5.63. The van der Waals surface area contributed by atoms with Crippen LogP contribution in [0.2, 0.25) is 5.02 Å². The number of rotatable bonds is 4. The van der Waals surface area contributed by atoms with E-state index in [4.69, 9.17) is 21.8 Å². The van der Waals surface area contributed by atoms with E-state index in [1.807, 2.05) is 94.9 Å². The summed E-state index contributed by atoms with van der Waals surface area (Å²) >= 11 is 7.63. The van der Waals surface area contributed by atoms with Gasteiger partial charge >= 0.3 is 0 Å². The van der Waals surface area contributed by atoms with E-state index >= 15 is 0 Å². The summed E-state index contributed by atoms with van der Waals surface area (Å²) in [6.07, 6.45) is 0. The van der Waals surface area contributed by atoms with Crippen LogP contribution >= 0.6 is 23.4 Å². The monoisotopic (exact) mass is 508 g/mol. The van der Waals surface area contributed by atoms with Gasteiger partial charge in [0, 0.05) is 28.6 Å². The van der Waals surface area contributed by atoms with E-state index in [-0.39, 0.29) is 5.78 Å². The Morgan fingerprint density at radius 3 is 2.03 bits per heavy atom. The zero-order valence-corrected chi connectivity index (χ0v) is 20.9. The fourth-order valence-electron chi connectivity index (χ4n) is 4.54. The lowest BCUT2D eigenvalue weighted by molar-refractivity contribution is -0.110. The van der Waals surface area contributed by atoms with E-state index in [2.05, 4.69) is 24.3 Å². The Labute approximate surface area is 218 Å². The molecule has 7 heteroatoms. The minimum Gasteiger partial charge on any atom is -0.292 e. The summed E-state index contributed by atoms with van der Waals surface area (Å²) in [4.78, 5) is 11.7. The van der Waals surface area contributed by atoms with Crippen LogP contribution in [0, 0.1) is 0 Å². The third-order valence-electron chi connectivity index (χ3n) is 6.16. The van der Waals surface area contributed by atoms with Crippen molar-refractivity contribution in [1.82, 2.24) is 0 Å². The van der Waals surface area contributed by atoms with Crippen LogP contribution in [-0.4, -0.2) is 16.5 Å². The average Bonchev–Trinajstić information content (AvgIpc) is 3.32. The first-order valence-electron chi connectivity index (χ1n) is 11.5. The van der Waals surface area contributed by atoms with Crippen LogP contribution < -0.4 is 10.0 Å². The van der Waals surface area contributed by atoms with E-state index in [0.29, 0.717) is 10.1 Å². The van der Waals surface area contributed by atoms with Crippen molar-refractivity contribution >= 4 is 51.3 Å². The van der Waals surface area contributed by atoms with Gasteiger partial charge in [-0.1, -0.05) is 84.4 Å². The molecule has 2 heterocycles. The van der Waals surface area contributed by atoms with Crippen LogP contribution in [-0.2, 0) is 9.79 Å². The van der Waals surface area contributed by atoms with Crippen molar-refractivity contribution < 1.29 is 4.79 Å². The van der Waals surface area contributed by atoms with Crippen LogP contribution in [0.15, 0.2) is 119 Å². The van der Waals surface area contributed by atoms with Crippen LogP contribution in [0.25, 0.3) is 0 Å². The van der Waals surface area contributed by atoms with Gasteiger partial charge in [0.2, 0.25) is 4.99 Å². The number of carbonyl (C=O) groups is 1. The zero-order valence-electron chi connectivity index (χ0n) is 19.4. The van der Waals surface area contributed by atoms with Gasteiger partial charge in [0.15, 0.2) is 10.8 Å². The third kappa shape index (κ3) is 3.61. The molecule has 0 bridgehead atoms. The molecule has 1 atom stereocenters. The molecule has 4 aromatic rings. The molecular formula is C29H21ClN4OS. The van der Waals surface area contributed by atoms with Crippen molar-refractivity contribution in [3.05, 3.63) is 131 Å². The van der Waals surface area contributed by atoms with Crippen molar-refractivity contribution in [3.63, 3.8) is 0 Å². The van der Waals surface area contributed by atoms with Gasteiger partial charge in [0.1, 0.15) is 0 Å². The summed E-state index contributed by atoms with van der Waals surface area (Å²) in [5.74, 6) is -0.0980. The number of para-hydroxylation sites is 1. The van der Waals surface area contributed by atoms with Crippen molar-refractivity contribution in [1.29, 1.82) is 0 Å². The second-order valence-corrected chi connectivity index (χ2v) is 10.1. The minimum atomic E-state index is -0.967.